The first-order valence-electron chi connectivity index (χ1n) is 6.09. The Morgan fingerprint density at radius 2 is 1.88 bits per heavy atom. The lowest BCUT2D eigenvalue weighted by molar-refractivity contribution is 0.156. The highest BCUT2D eigenvalue weighted by atomic mass is 16.3. The fourth-order valence-corrected chi connectivity index (χ4v) is 1.98. The predicted octanol–water partition coefficient (Wildman–Crippen LogP) is 2.38. The molecule has 1 atom stereocenters. The molecule has 0 amide bonds. The molecule has 0 aliphatic rings. The van der Waals surface area contributed by atoms with Crippen molar-refractivity contribution in [1.82, 2.24) is 9.78 Å². The van der Waals surface area contributed by atoms with Crippen LogP contribution in [0.5, 0.6) is 0 Å². The maximum absolute atomic E-state index is 9.97. The van der Waals surface area contributed by atoms with Crippen LogP contribution in [0.25, 0.3) is 0 Å². The highest BCUT2D eigenvalue weighted by Gasteiger charge is 2.14. The molecular weight excluding hydrogens is 200 g/mol. The molecule has 3 nitrogen and oxygen atoms in total. The highest BCUT2D eigenvalue weighted by molar-refractivity contribution is 5.24. The van der Waals surface area contributed by atoms with Crippen LogP contribution in [-0.4, -0.2) is 21.0 Å². The van der Waals surface area contributed by atoms with E-state index in [-0.39, 0.29) is 6.10 Å². The van der Waals surface area contributed by atoms with Gasteiger partial charge in [0, 0.05) is 19.2 Å². The smallest absolute Gasteiger partial charge is 0.0629 e. The maximum atomic E-state index is 9.97. The second-order valence-electron chi connectivity index (χ2n) is 5.10. The molecule has 1 N–H and O–H groups in total. The van der Waals surface area contributed by atoms with Crippen molar-refractivity contribution in [2.24, 2.45) is 13.0 Å². The van der Waals surface area contributed by atoms with Gasteiger partial charge >= 0.3 is 0 Å². The molecule has 1 heterocycles. The second-order valence-corrected chi connectivity index (χ2v) is 5.10. The van der Waals surface area contributed by atoms with Crippen molar-refractivity contribution < 1.29 is 5.11 Å². The van der Waals surface area contributed by atoms with E-state index in [2.05, 4.69) is 25.9 Å². The van der Waals surface area contributed by atoms with Crippen LogP contribution in [0, 0.1) is 19.8 Å². The van der Waals surface area contributed by atoms with E-state index < -0.39 is 0 Å². The van der Waals surface area contributed by atoms with Gasteiger partial charge in [-0.05, 0) is 38.2 Å². The van der Waals surface area contributed by atoms with Crippen molar-refractivity contribution in [2.45, 2.75) is 53.1 Å². The van der Waals surface area contributed by atoms with Gasteiger partial charge in [0.05, 0.1) is 11.8 Å². The average molecular weight is 224 g/mol. The summed E-state index contributed by atoms with van der Waals surface area (Å²) >= 11 is 0. The van der Waals surface area contributed by atoms with Gasteiger partial charge in [-0.15, -0.1) is 0 Å². The van der Waals surface area contributed by atoms with Crippen LogP contribution in [0.3, 0.4) is 0 Å². The van der Waals surface area contributed by atoms with Crippen LogP contribution in [0.2, 0.25) is 0 Å². The van der Waals surface area contributed by atoms with Crippen LogP contribution >= 0.6 is 0 Å². The van der Waals surface area contributed by atoms with Gasteiger partial charge in [0.2, 0.25) is 0 Å². The lowest BCUT2D eigenvalue weighted by Gasteiger charge is -2.12. The van der Waals surface area contributed by atoms with Gasteiger partial charge in [0.25, 0.3) is 0 Å². The van der Waals surface area contributed by atoms with Gasteiger partial charge in [-0.3, -0.25) is 4.68 Å². The third-order valence-electron chi connectivity index (χ3n) is 3.18. The van der Waals surface area contributed by atoms with E-state index >= 15 is 0 Å². The van der Waals surface area contributed by atoms with Crippen molar-refractivity contribution >= 4 is 0 Å². The summed E-state index contributed by atoms with van der Waals surface area (Å²) in [6, 6.07) is 0. The SMILES string of the molecule is Cc1nn(C)c(C)c1CC(O)CCC(C)C. The molecule has 92 valence electrons. The number of hydrogen-bond donors (Lipinski definition) is 1. The van der Waals surface area contributed by atoms with E-state index in [1.807, 2.05) is 18.7 Å². The Hall–Kier alpha value is -0.830. The van der Waals surface area contributed by atoms with Gasteiger partial charge in [-0.2, -0.15) is 5.10 Å². The zero-order chi connectivity index (χ0) is 12.3. The van der Waals surface area contributed by atoms with E-state index in [1.54, 1.807) is 0 Å². The minimum Gasteiger partial charge on any atom is -0.393 e. The molecule has 0 fully saturated rings. The molecule has 1 unspecified atom stereocenters. The van der Waals surface area contributed by atoms with Gasteiger partial charge in [-0.1, -0.05) is 13.8 Å². The van der Waals surface area contributed by atoms with Crippen LogP contribution < -0.4 is 0 Å². The molecule has 1 aromatic heterocycles. The molecule has 0 aromatic carbocycles. The summed E-state index contributed by atoms with van der Waals surface area (Å²) < 4.78 is 1.89. The number of aliphatic hydroxyl groups is 1. The summed E-state index contributed by atoms with van der Waals surface area (Å²) in [4.78, 5) is 0. The number of aryl methyl sites for hydroxylation is 2. The van der Waals surface area contributed by atoms with Crippen LogP contribution in [0.4, 0.5) is 0 Å². The quantitative estimate of drug-likeness (QED) is 0.834. The monoisotopic (exact) mass is 224 g/mol. The summed E-state index contributed by atoms with van der Waals surface area (Å²) in [6.07, 6.45) is 2.47. The lowest BCUT2D eigenvalue weighted by Crippen LogP contribution is -2.12. The van der Waals surface area contributed by atoms with Crippen molar-refractivity contribution in [3.63, 3.8) is 0 Å². The number of nitrogens with zero attached hydrogens (tertiary/aromatic N) is 2. The van der Waals surface area contributed by atoms with Crippen LogP contribution in [0.1, 0.15) is 43.6 Å². The van der Waals surface area contributed by atoms with Gasteiger partial charge in [0.1, 0.15) is 0 Å². The molecule has 0 saturated carbocycles. The summed E-state index contributed by atoms with van der Waals surface area (Å²) in [5.74, 6) is 0.658. The number of rotatable bonds is 5. The first-order valence-corrected chi connectivity index (χ1v) is 6.09. The summed E-state index contributed by atoms with van der Waals surface area (Å²) in [6.45, 7) is 8.45. The molecule has 3 heteroatoms. The Kier molecular flexibility index (Phi) is 4.54. The summed E-state index contributed by atoms with van der Waals surface area (Å²) in [7, 11) is 1.95. The molecule has 16 heavy (non-hydrogen) atoms. The van der Waals surface area contributed by atoms with E-state index in [0.29, 0.717) is 5.92 Å². The minimum absolute atomic E-state index is 0.232. The normalized spacial score (nSPS) is 13.4. The van der Waals surface area contributed by atoms with Gasteiger partial charge in [0.15, 0.2) is 0 Å². The second kappa shape index (κ2) is 5.48. The molecule has 0 aliphatic heterocycles. The number of hydrogen-bond acceptors (Lipinski definition) is 2. The Balaban J connectivity index is 2.59. The summed E-state index contributed by atoms with van der Waals surface area (Å²) in [5, 5.41) is 14.3. The third kappa shape index (κ3) is 3.34. The van der Waals surface area contributed by atoms with Crippen LogP contribution in [-0.2, 0) is 13.5 Å². The fourth-order valence-electron chi connectivity index (χ4n) is 1.98. The molecule has 0 radical (unpaired) electrons. The Labute approximate surface area is 98.5 Å². The van der Waals surface area contributed by atoms with Crippen molar-refractivity contribution in [3.05, 3.63) is 17.0 Å². The zero-order valence-electron chi connectivity index (χ0n) is 11.1. The summed E-state index contributed by atoms with van der Waals surface area (Å²) in [5.41, 5.74) is 3.42. The van der Waals surface area contributed by atoms with Gasteiger partial charge < -0.3 is 5.11 Å². The van der Waals surface area contributed by atoms with Crippen molar-refractivity contribution in [1.29, 1.82) is 0 Å². The predicted molar refractivity (Wildman–Crippen MR) is 66.5 cm³/mol. The van der Waals surface area contributed by atoms with E-state index in [1.165, 1.54) is 11.3 Å². The van der Waals surface area contributed by atoms with E-state index in [9.17, 15) is 5.11 Å². The molecule has 0 bridgehead atoms. The molecule has 0 saturated heterocycles. The fraction of sp³-hybridized carbons (Fsp3) is 0.769. The Morgan fingerprint density at radius 3 is 2.31 bits per heavy atom. The number of aromatic nitrogens is 2. The molecule has 1 rings (SSSR count). The largest absolute Gasteiger partial charge is 0.393 e. The van der Waals surface area contributed by atoms with E-state index in [4.69, 9.17) is 0 Å². The van der Waals surface area contributed by atoms with Crippen molar-refractivity contribution in [2.75, 3.05) is 0 Å². The first-order chi connectivity index (χ1) is 7.41. The topological polar surface area (TPSA) is 38.0 Å². The standard InChI is InChI=1S/C13H24N2O/c1-9(2)6-7-12(16)8-13-10(3)14-15(5)11(13)4/h9,12,16H,6-8H2,1-5H3. The minimum atomic E-state index is -0.232. The molecule has 1 aromatic rings. The molecule has 0 aliphatic carbocycles. The molecule has 0 spiro atoms. The van der Waals surface area contributed by atoms with Gasteiger partial charge in [-0.25, -0.2) is 0 Å². The lowest BCUT2D eigenvalue weighted by atomic mass is 9.99. The Morgan fingerprint density at radius 1 is 1.25 bits per heavy atom. The highest BCUT2D eigenvalue weighted by Crippen LogP contribution is 2.17. The third-order valence-corrected chi connectivity index (χ3v) is 3.18. The molecular formula is C13H24N2O. The maximum Gasteiger partial charge on any atom is 0.0629 e. The number of aliphatic hydroxyl groups excluding tert-OH is 1. The zero-order valence-corrected chi connectivity index (χ0v) is 11.1. The van der Waals surface area contributed by atoms with Crippen LogP contribution in [0.15, 0.2) is 0 Å². The Bertz CT molecular complexity index is 342. The van der Waals surface area contributed by atoms with E-state index in [0.717, 1.165) is 25.0 Å². The van der Waals surface area contributed by atoms with Crippen molar-refractivity contribution in [3.8, 4) is 0 Å². The first kappa shape index (κ1) is 13.2. The average Bonchev–Trinajstić information content (AvgIpc) is 2.42.